The minimum absolute atomic E-state index is 0.0611. The van der Waals surface area contributed by atoms with Gasteiger partial charge in [0, 0.05) is 0 Å². The Morgan fingerprint density at radius 3 is 2.15 bits per heavy atom. The number of rotatable bonds is 7. The van der Waals surface area contributed by atoms with Crippen molar-refractivity contribution in [3.05, 3.63) is 29.8 Å². The van der Waals surface area contributed by atoms with E-state index in [0.29, 0.717) is 19.3 Å². The Bertz CT molecular complexity index is 933. The highest BCUT2D eigenvalue weighted by Crippen LogP contribution is 2.61. The summed E-state index contributed by atoms with van der Waals surface area (Å²) >= 11 is 0. The van der Waals surface area contributed by atoms with Crippen LogP contribution in [0.5, 0.6) is 0 Å². The molecule has 2 unspecified atom stereocenters. The zero-order chi connectivity index (χ0) is 23.2. The fourth-order valence-electron chi connectivity index (χ4n) is 7.75. The standard InChI is InChI=1S/C26H38N2O4S/c1-17-2-4-22(5-3-17)33(31,32)25(21-6-8-27-9-7-21)28-24(30)23(29)16-26-13-18-10-19(14-26)12-20(11-18)15-26/h2-5,18-21,23,25,27,29H,6-16H2,1H3,(H,28,30). The van der Waals surface area contributed by atoms with E-state index in [1.165, 1.54) is 19.3 Å². The summed E-state index contributed by atoms with van der Waals surface area (Å²) in [7, 11) is -3.77. The van der Waals surface area contributed by atoms with Gasteiger partial charge in [0.25, 0.3) is 0 Å². The third-order valence-corrected chi connectivity index (χ3v) is 11.0. The second-order valence-electron chi connectivity index (χ2n) is 11.5. The molecule has 1 aromatic rings. The molecule has 1 heterocycles. The number of amides is 1. The zero-order valence-corrected chi connectivity index (χ0v) is 20.4. The second kappa shape index (κ2) is 8.97. The summed E-state index contributed by atoms with van der Waals surface area (Å²) in [4.78, 5) is 13.4. The van der Waals surface area contributed by atoms with Gasteiger partial charge < -0.3 is 15.7 Å². The number of sulfone groups is 1. The Labute approximate surface area is 197 Å². The average Bonchev–Trinajstić information content (AvgIpc) is 2.76. The van der Waals surface area contributed by atoms with Crippen molar-refractivity contribution < 1.29 is 18.3 Å². The van der Waals surface area contributed by atoms with Gasteiger partial charge in [-0.15, -0.1) is 0 Å². The van der Waals surface area contributed by atoms with Gasteiger partial charge in [-0.05, 0) is 119 Å². The van der Waals surface area contributed by atoms with E-state index in [1.54, 1.807) is 24.3 Å². The van der Waals surface area contributed by atoms with Crippen LogP contribution in [0.4, 0.5) is 0 Å². The number of hydrogen-bond acceptors (Lipinski definition) is 5. The zero-order valence-electron chi connectivity index (χ0n) is 19.6. The van der Waals surface area contributed by atoms with Crippen LogP contribution in [0.1, 0.15) is 63.4 Å². The minimum Gasteiger partial charge on any atom is -0.383 e. The molecule has 0 spiro atoms. The Kier molecular flexibility index (Phi) is 6.34. The molecule has 1 saturated heterocycles. The summed E-state index contributed by atoms with van der Waals surface area (Å²) in [5.74, 6) is 1.54. The van der Waals surface area contributed by atoms with Crippen molar-refractivity contribution in [1.82, 2.24) is 10.6 Å². The Hall–Kier alpha value is -1.44. The first-order valence-electron chi connectivity index (χ1n) is 12.7. The van der Waals surface area contributed by atoms with Crippen LogP contribution in [0.15, 0.2) is 29.2 Å². The van der Waals surface area contributed by atoms with E-state index in [2.05, 4.69) is 10.6 Å². The third kappa shape index (κ3) is 4.73. The van der Waals surface area contributed by atoms with Gasteiger partial charge in [-0.1, -0.05) is 17.7 Å². The predicted octanol–water partition coefficient (Wildman–Crippen LogP) is 3.18. The van der Waals surface area contributed by atoms with Crippen LogP contribution in [-0.2, 0) is 14.6 Å². The molecule has 5 fully saturated rings. The number of carbonyl (C=O) groups excluding carboxylic acids is 1. The van der Waals surface area contributed by atoms with Gasteiger partial charge in [-0.25, -0.2) is 8.42 Å². The first-order valence-corrected chi connectivity index (χ1v) is 14.3. The number of aryl methyl sites for hydroxylation is 1. The topological polar surface area (TPSA) is 95.5 Å². The van der Waals surface area contributed by atoms with Crippen LogP contribution in [-0.4, -0.2) is 44.0 Å². The molecule has 2 atom stereocenters. The molecule has 182 valence electrons. The molecule has 4 aliphatic carbocycles. The lowest BCUT2D eigenvalue weighted by molar-refractivity contribution is -0.136. The van der Waals surface area contributed by atoms with Gasteiger partial charge in [0.15, 0.2) is 9.84 Å². The number of hydrogen-bond donors (Lipinski definition) is 3. The fourth-order valence-corrected chi connectivity index (χ4v) is 9.61. The summed E-state index contributed by atoms with van der Waals surface area (Å²) in [5, 5.41) is 16.1. The van der Waals surface area contributed by atoms with E-state index < -0.39 is 27.2 Å². The van der Waals surface area contributed by atoms with Crippen LogP contribution in [0.3, 0.4) is 0 Å². The van der Waals surface area contributed by atoms with E-state index in [-0.39, 0.29) is 16.2 Å². The van der Waals surface area contributed by atoms with Crippen molar-refractivity contribution >= 4 is 15.7 Å². The van der Waals surface area contributed by atoms with Crippen molar-refractivity contribution in [1.29, 1.82) is 0 Å². The van der Waals surface area contributed by atoms with Gasteiger partial charge in [0.2, 0.25) is 5.91 Å². The highest BCUT2D eigenvalue weighted by atomic mass is 32.2. The Morgan fingerprint density at radius 2 is 1.61 bits per heavy atom. The molecule has 6 rings (SSSR count). The maximum atomic E-state index is 13.6. The smallest absolute Gasteiger partial charge is 0.249 e. The molecule has 6 nitrogen and oxygen atoms in total. The highest BCUT2D eigenvalue weighted by Gasteiger charge is 2.52. The summed E-state index contributed by atoms with van der Waals surface area (Å²) in [5.41, 5.74) is 1.05. The van der Waals surface area contributed by atoms with Gasteiger partial charge in [0.1, 0.15) is 11.5 Å². The molecular formula is C26H38N2O4S. The summed E-state index contributed by atoms with van der Waals surface area (Å²) in [6.45, 7) is 3.38. The minimum atomic E-state index is -3.77. The maximum absolute atomic E-state index is 13.6. The normalized spacial score (nSPS) is 33.6. The van der Waals surface area contributed by atoms with Crippen LogP contribution >= 0.6 is 0 Å². The highest BCUT2D eigenvalue weighted by molar-refractivity contribution is 7.92. The van der Waals surface area contributed by atoms with E-state index >= 15 is 0 Å². The van der Waals surface area contributed by atoms with E-state index in [0.717, 1.165) is 55.7 Å². The molecule has 0 aromatic heterocycles. The number of aliphatic hydroxyl groups is 1. The molecule has 7 heteroatoms. The molecule has 3 N–H and O–H groups in total. The van der Waals surface area contributed by atoms with Crippen molar-refractivity contribution in [2.24, 2.45) is 29.1 Å². The first kappa shape index (κ1) is 23.3. The van der Waals surface area contributed by atoms with Crippen LogP contribution < -0.4 is 10.6 Å². The van der Waals surface area contributed by atoms with Gasteiger partial charge in [-0.3, -0.25) is 4.79 Å². The first-order chi connectivity index (χ1) is 15.7. The van der Waals surface area contributed by atoms with Crippen molar-refractivity contribution in [3.8, 4) is 0 Å². The Balaban J connectivity index is 1.33. The van der Waals surface area contributed by atoms with E-state index in [9.17, 15) is 18.3 Å². The number of nitrogens with one attached hydrogen (secondary N) is 2. The monoisotopic (exact) mass is 474 g/mol. The lowest BCUT2D eigenvalue weighted by Crippen LogP contribution is -2.53. The Morgan fingerprint density at radius 1 is 1.06 bits per heavy atom. The van der Waals surface area contributed by atoms with Crippen LogP contribution in [0, 0.1) is 36.0 Å². The lowest BCUT2D eigenvalue weighted by atomic mass is 9.48. The molecule has 4 bridgehead atoms. The number of carbonyl (C=O) groups is 1. The van der Waals surface area contributed by atoms with E-state index in [4.69, 9.17) is 0 Å². The molecular weight excluding hydrogens is 436 g/mol. The van der Waals surface area contributed by atoms with E-state index in [1.807, 2.05) is 6.92 Å². The molecule has 4 saturated carbocycles. The summed E-state index contributed by atoms with van der Waals surface area (Å²) in [6, 6.07) is 6.82. The molecule has 0 radical (unpaired) electrons. The molecule has 5 aliphatic rings. The van der Waals surface area contributed by atoms with Crippen molar-refractivity contribution in [2.75, 3.05) is 13.1 Å². The van der Waals surface area contributed by atoms with Gasteiger partial charge >= 0.3 is 0 Å². The largest absolute Gasteiger partial charge is 0.383 e. The van der Waals surface area contributed by atoms with Crippen molar-refractivity contribution in [2.45, 2.75) is 81.1 Å². The van der Waals surface area contributed by atoms with Crippen LogP contribution in [0.2, 0.25) is 0 Å². The fraction of sp³-hybridized carbons (Fsp3) is 0.731. The average molecular weight is 475 g/mol. The quantitative estimate of drug-likeness (QED) is 0.564. The summed E-state index contributed by atoms with van der Waals surface area (Å²) in [6.07, 6.45) is 7.96. The predicted molar refractivity (Wildman–Crippen MR) is 127 cm³/mol. The van der Waals surface area contributed by atoms with Gasteiger partial charge in [-0.2, -0.15) is 0 Å². The maximum Gasteiger partial charge on any atom is 0.249 e. The molecule has 1 amide bonds. The van der Waals surface area contributed by atoms with Crippen LogP contribution in [0.25, 0.3) is 0 Å². The molecule has 33 heavy (non-hydrogen) atoms. The number of aliphatic hydroxyl groups excluding tert-OH is 1. The SMILES string of the molecule is Cc1ccc(S(=O)(=O)C(NC(=O)C(O)CC23CC4CC(CC(C4)C2)C3)C2CCNCC2)cc1. The lowest BCUT2D eigenvalue weighted by Gasteiger charge is -2.57. The third-order valence-electron chi connectivity index (χ3n) is 8.87. The summed E-state index contributed by atoms with van der Waals surface area (Å²) < 4.78 is 27.2. The molecule has 1 aliphatic heterocycles. The number of piperidine rings is 1. The molecule has 1 aromatic carbocycles. The second-order valence-corrected chi connectivity index (χ2v) is 13.6. The van der Waals surface area contributed by atoms with Gasteiger partial charge in [0.05, 0.1) is 4.90 Å². The van der Waals surface area contributed by atoms with Crippen molar-refractivity contribution in [3.63, 3.8) is 0 Å². The number of benzene rings is 1.